The SMILES string of the molecule is Cc1[nH]cnc1CC(=O)N[C@@H]1CS(=O)(=O)[C@H]2CN(C3CCCC3)C[C@@H]12. The van der Waals surface area contributed by atoms with Crippen LogP contribution in [0.25, 0.3) is 0 Å². The minimum absolute atomic E-state index is 0.0230. The number of aromatic amines is 1. The van der Waals surface area contributed by atoms with Gasteiger partial charge in [-0.25, -0.2) is 13.4 Å². The zero-order chi connectivity index (χ0) is 17.6. The van der Waals surface area contributed by atoms with Gasteiger partial charge in [0.2, 0.25) is 5.91 Å². The summed E-state index contributed by atoms with van der Waals surface area (Å²) in [5.41, 5.74) is 1.59. The first-order chi connectivity index (χ1) is 11.9. The molecule has 138 valence electrons. The molecule has 1 saturated carbocycles. The van der Waals surface area contributed by atoms with Gasteiger partial charge in [0.1, 0.15) is 0 Å². The Hall–Kier alpha value is -1.41. The maximum atomic E-state index is 12.6. The largest absolute Gasteiger partial charge is 0.352 e. The molecule has 0 aromatic carbocycles. The van der Waals surface area contributed by atoms with E-state index in [9.17, 15) is 13.2 Å². The van der Waals surface area contributed by atoms with Crippen LogP contribution in [0.5, 0.6) is 0 Å². The highest BCUT2D eigenvalue weighted by molar-refractivity contribution is 7.92. The summed E-state index contributed by atoms with van der Waals surface area (Å²) < 4.78 is 25.1. The predicted molar refractivity (Wildman–Crippen MR) is 93.9 cm³/mol. The number of fused-ring (bicyclic) bond motifs is 1. The highest BCUT2D eigenvalue weighted by Crippen LogP contribution is 2.37. The van der Waals surface area contributed by atoms with Crippen molar-refractivity contribution in [3.05, 3.63) is 17.7 Å². The van der Waals surface area contributed by atoms with Gasteiger partial charge in [-0.1, -0.05) is 12.8 Å². The molecule has 3 aliphatic rings. The van der Waals surface area contributed by atoms with Gasteiger partial charge in [-0.05, 0) is 19.8 Å². The standard InChI is InChI=1S/C17H26N4O3S/c1-11-14(19-10-18-11)6-17(22)20-15-9-25(23,24)16-8-21(7-13(15)16)12-4-2-3-5-12/h10,12-13,15-16H,2-9H2,1H3,(H,18,19)(H,20,22)/t13-,15+,16-/m0/s1. The van der Waals surface area contributed by atoms with Crippen molar-refractivity contribution < 1.29 is 13.2 Å². The summed E-state index contributed by atoms with van der Waals surface area (Å²) in [7, 11) is -3.13. The number of hydrogen-bond acceptors (Lipinski definition) is 5. The molecule has 7 nitrogen and oxygen atoms in total. The van der Waals surface area contributed by atoms with E-state index in [1.54, 1.807) is 6.33 Å². The number of rotatable bonds is 4. The van der Waals surface area contributed by atoms with E-state index in [0.717, 1.165) is 12.2 Å². The van der Waals surface area contributed by atoms with Crippen LogP contribution in [-0.2, 0) is 21.1 Å². The van der Waals surface area contributed by atoms with Gasteiger partial charge < -0.3 is 10.3 Å². The lowest BCUT2D eigenvalue weighted by molar-refractivity contribution is -0.121. The number of H-pyrrole nitrogens is 1. The van der Waals surface area contributed by atoms with E-state index in [-0.39, 0.29) is 35.3 Å². The van der Waals surface area contributed by atoms with Crippen molar-refractivity contribution in [3.63, 3.8) is 0 Å². The number of nitrogens with one attached hydrogen (secondary N) is 2. The molecule has 1 aliphatic carbocycles. The highest BCUT2D eigenvalue weighted by atomic mass is 32.2. The van der Waals surface area contributed by atoms with Crippen molar-refractivity contribution in [1.29, 1.82) is 0 Å². The number of carbonyl (C=O) groups is 1. The number of carbonyl (C=O) groups excluding carboxylic acids is 1. The zero-order valence-electron chi connectivity index (χ0n) is 14.6. The van der Waals surface area contributed by atoms with E-state index < -0.39 is 9.84 Å². The molecule has 2 saturated heterocycles. The molecule has 4 rings (SSSR count). The second-order valence-electron chi connectivity index (χ2n) is 7.75. The fourth-order valence-electron chi connectivity index (χ4n) is 4.78. The molecule has 0 unspecified atom stereocenters. The Kier molecular flexibility index (Phi) is 4.35. The molecule has 1 aromatic heterocycles. The maximum absolute atomic E-state index is 12.6. The average molecular weight is 366 g/mol. The Labute approximate surface area is 148 Å². The first-order valence-electron chi connectivity index (χ1n) is 9.18. The molecule has 1 aromatic rings. The van der Waals surface area contributed by atoms with Gasteiger partial charge in [-0.2, -0.15) is 0 Å². The van der Waals surface area contributed by atoms with Crippen molar-refractivity contribution in [3.8, 4) is 0 Å². The summed E-state index contributed by atoms with van der Waals surface area (Å²) in [4.78, 5) is 21.8. The third kappa shape index (κ3) is 3.21. The zero-order valence-corrected chi connectivity index (χ0v) is 15.4. The number of likely N-dealkylation sites (tertiary alicyclic amines) is 1. The van der Waals surface area contributed by atoms with Gasteiger partial charge in [0.15, 0.2) is 9.84 Å². The van der Waals surface area contributed by atoms with Crippen molar-refractivity contribution >= 4 is 15.7 Å². The molecule has 3 atom stereocenters. The summed E-state index contributed by atoms with van der Waals surface area (Å²) in [6.07, 6.45) is 6.60. The molecule has 2 N–H and O–H groups in total. The Morgan fingerprint density at radius 2 is 2.12 bits per heavy atom. The molecule has 0 bridgehead atoms. The second kappa shape index (κ2) is 6.39. The highest BCUT2D eigenvalue weighted by Gasteiger charge is 2.53. The van der Waals surface area contributed by atoms with Crippen LogP contribution in [-0.4, -0.2) is 65.4 Å². The number of sulfone groups is 1. The fourth-order valence-corrected chi connectivity index (χ4v) is 7.09. The van der Waals surface area contributed by atoms with Gasteiger partial charge in [0, 0.05) is 36.8 Å². The van der Waals surface area contributed by atoms with Crippen molar-refractivity contribution in [2.24, 2.45) is 5.92 Å². The number of nitrogens with zero attached hydrogens (tertiary/aromatic N) is 2. The Balaban J connectivity index is 1.43. The quantitative estimate of drug-likeness (QED) is 0.805. The number of hydrogen-bond donors (Lipinski definition) is 2. The predicted octanol–water partition coefficient (Wildman–Crippen LogP) is 0.417. The third-order valence-electron chi connectivity index (χ3n) is 6.18. The molecule has 0 spiro atoms. The number of imidazole rings is 1. The van der Waals surface area contributed by atoms with Crippen LogP contribution in [0, 0.1) is 12.8 Å². The van der Waals surface area contributed by atoms with Crippen LogP contribution in [0.1, 0.15) is 37.1 Å². The average Bonchev–Trinajstić information content (AvgIpc) is 3.28. The number of aromatic nitrogens is 2. The summed E-state index contributed by atoms with van der Waals surface area (Å²) in [6, 6.07) is 0.261. The van der Waals surface area contributed by atoms with Crippen LogP contribution in [0.3, 0.4) is 0 Å². The lowest BCUT2D eigenvalue weighted by atomic mass is 10.00. The number of amides is 1. The second-order valence-corrected chi connectivity index (χ2v) is 10.0. The van der Waals surface area contributed by atoms with Crippen molar-refractivity contribution in [2.45, 2.75) is 56.4 Å². The molecule has 3 heterocycles. The topological polar surface area (TPSA) is 95.2 Å². The van der Waals surface area contributed by atoms with E-state index in [4.69, 9.17) is 0 Å². The van der Waals surface area contributed by atoms with Crippen molar-refractivity contribution in [1.82, 2.24) is 20.2 Å². The minimum atomic E-state index is -3.13. The molecule has 3 fully saturated rings. The molecule has 1 amide bonds. The van der Waals surface area contributed by atoms with Crippen LogP contribution >= 0.6 is 0 Å². The summed E-state index contributed by atoms with van der Waals surface area (Å²) in [6.45, 7) is 3.31. The maximum Gasteiger partial charge on any atom is 0.226 e. The van der Waals surface area contributed by atoms with Crippen LogP contribution in [0.4, 0.5) is 0 Å². The molecular weight excluding hydrogens is 340 g/mol. The third-order valence-corrected chi connectivity index (χ3v) is 8.42. The van der Waals surface area contributed by atoms with Gasteiger partial charge in [-0.3, -0.25) is 9.69 Å². The molecule has 25 heavy (non-hydrogen) atoms. The van der Waals surface area contributed by atoms with Gasteiger partial charge in [-0.15, -0.1) is 0 Å². The van der Waals surface area contributed by atoms with Crippen LogP contribution in [0.15, 0.2) is 6.33 Å². The Morgan fingerprint density at radius 3 is 2.80 bits per heavy atom. The van der Waals surface area contributed by atoms with E-state index in [2.05, 4.69) is 20.2 Å². The van der Waals surface area contributed by atoms with Crippen LogP contribution in [0.2, 0.25) is 0 Å². The summed E-state index contributed by atoms with van der Waals surface area (Å²) >= 11 is 0. The Morgan fingerprint density at radius 1 is 1.36 bits per heavy atom. The van der Waals surface area contributed by atoms with Crippen molar-refractivity contribution in [2.75, 3.05) is 18.8 Å². The van der Waals surface area contributed by atoms with Gasteiger partial charge in [0.25, 0.3) is 0 Å². The van der Waals surface area contributed by atoms with Crippen LogP contribution < -0.4 is 5.32 Å². The first kappa shape index (κ1) is 17.0. The molecule has 8 heteroatoms. The Bertz CT molecular complexity index is 754. The summed E-state index contributed by atoms with van der Waals surface area (Å²) in [5.74, 6) is -0.0447. The smallest absolute Gasteiger partial charge is 0.226 e. The molecule has 0 radical (unpaired) electrons. The lowest BCUT2D eigenvalue weighted by Gasteiger charge is -2.25. The van der Waals surface area contributed by atoms with E-state index in [1.165, 1.54) is 25.7 Å². The first-order valence-corrected chi connectivity index (χ1v) is 10.9. The lowest BCUT2D eigenvalue weighted by Crippen LogP contribution is -2.43. The van der Waals surface area contributed by atoms with E-state index >= 15 is 0 Å². The molecular formula is C17H26N4O3S. The summed E-state index contributed by atoms with van der Waals surface area (Å²) in [5, 5.41) is 2.67. The minimum Gasteiger partial charge on any atom is -0.352 e. The van der Waals surface area contributed by atoms with Gasteiger partial charge >= 0.3 is 0 Å². The van der Waals surface area contributed by atoms with E-state index in [0.29, 0.717) is 18.3 Å². The fraction of sp³-hybridized carbons (Fsp3) is 0.765. The van der Waals surface area contributed by atoms with E-state index in [1.807, 2.05) is 6.92 Å². The monoisotopic (exact) mass is 366 g/mol. The number of aryl methyl sites for hydroxylation is 1. The molecule has 2 aliphatic heterocycles. The van der Waals surface area contributed by atoms with Gasteiger partial charge in [0.05, 0.1) is 29.4 Å². The normalized spacial score (nSPS) is 32.1.